The number of hydrogen-bond acceptors (Lipinski definition) is 5. The van der Waals surface area contributed by atoms with Crippen molar-refractivity contribution >= 4 is 11.9 Å². The van der Waals surface area contributed by atoms with Crippen molar-refractivity contribution in [1.29, 1.82) is 0 Å². The Morgan fingerprint density at radius 2 is 1.91 bits per heavy atom. The number of carbonyl (C=O) groups excluding carboxylic acids is 2. The van der Waals surface area contributed by atoms with Crippen molar-refractivity contribution < 1.29 is 23.8 Å². The zero-order chi connectivity index (χ0) is 16.8. The van der Waals surface area contributed by atoms with Crippen LogP contribution in [0.3, 0.4) is 0 Å². The van der Waals surface area contributed by atoms with Crippen LogP contribution in [0.25, 0.3) is 0 Å². The Morgan fingerprint density at radius 1 is 1.22 bits per heavy atom. The number of rotatable bonds is 5. The van der Waals surface area contributed by atoms with Crippen molar-refractivity contribution in [3.8, 4) is 5.75 Å². The monoisotopic (exact) mass is 321 g/mol. The van der Waals surface area contributed by atoms with Crippen molar-refractivity contribution in [1.82, 2.24) is 4.90 Å². The molecular weight excluding hydrogens is 298 g/mol. The van der Waals surface area contributed by atoms with Gasteiger partial charge in [-0.25, -0.2) is 4.79 Å². The summed E-state index contributed by atoms with van der Waals surface area (Å²) in [6.45, 7) is 6.31. The van der Waals surface area contributed by atoms with Gasteiger partial charge in [-0.3, -0.25) is 4.79 Å². The van der Waals surface area contributed by atoms with Crippen molar-refractivity contribution in [2.45, 2.75) is 33.0 Å². The van der Waals surface area contributed by atoms with Gasteiger partial charge in [-0.05, 0) is 38.5 Å². The van der Waals surface area contributed by atoms with Crippen LogP contribution in [0, 0.1) is 6.92 Å². The quantitative estimate of drug-likeness (QED) is 0.770. The lowest BCUT2D eigenvalue weighted by molar-refractivity contribution is -0.158. The average molecular weight is 321 g/mol. The van der Waals surface area contributed by atoms with Gasteiger partial charge in [0.15, 0.2) is 13.2 Å². The molecule has 1 aliphatic rings. The van der Waals surface area contributed by atoms with Gasteiger partial charge >= 0.3 is 5.97 Å². The first-order valence-electron chi connectivity index (χ1n) is 7.72. The van der Waals surface area contributed by atoms with E-state index in [-0.39, 0.29) is 31.3 Å². The van der Waals surface area contributed by atoms with E-state index in [0.717, 1.165) is 5.56 Å². The zero-order valence-electron chi connectivity index (χ0n) is 13.8. The van der Waals surface area contributed by atoms with Crippen LogP contribution in [0.15, 0.2) is 24.3 Å². The molecule has 0 saturated carbocycles. The largest absolute Gasteiger partial charge is 0.482 e. The van der Waals surface area contributed by atoms with Crippen molar-refractivity contribution in [2.75, 3.05) is 26.3 Å². The molecule has 1 fully saturated rings. The van der Waals surface area contributed by atoms with E-state index in [1.165, 1.54) is 0 Å². The fourth-order valence-corrected chi connectivity index (χ4v) is 2.50. The summed E-state index contributed by atoms with van der Waals surface area (Å²) in [6, 6.07) is 7.38. The number of ether oxygens (including phenoxy) is 3. The molecular formula is C17H23NO5. The standard InChI is InChI=1S/C17H23NO5/c1-12-5-4-6-15(7-12)21-11-17(20)22-10-16(19)18-8-13(2)23-14(3)9-18/h4-7,13-14H,8-11H2,1-3H3. The second kappa shape index (κ2) is 7.97. The topological polar surface area (TPSA) is 65.1 Å². The number of benzene rings is 1. The summed E-state index contributed by atoms with van der Waals surface area (Å²) >= 11 is 0. The van der Waals surface area contributed by atoms with Gasteiger partial charge in [0.2, 0.25) is 0 Å². The van der Waals surface area contributed by atoms with Crippen LogP contribution in [-0.4, -0.2) is 55.3 Å². The third-order valence-corrected chi connectivity index (χ3v) is 3.48. The predicted octanol–water partition coefficient (Wildman–Crippen LogP) is 1.55. The molecule has 1 aliphatic heterocycles. The lowest BCUT2D eigenvalue weighted by Crippen LogP contribution is -2.49. The SMILES string of the molecule is Cc1cccc(OCC(=O)OCC(=O)N2CC(C)OC(C)C2)c1. The summed E-state index contributed by atoms with van der Waals surface area (Å²) < 4.78 is 15.9. The van der Waals surface area contributed by atoms with E-state index in [4.69, 9.17) is 14.2 Å². The smallest absolute Gasteiger partial charge is 0.344 e. The molecule has 0 spiro atoms. The Morgan fingerprint density at radius 3 is 2.57 bits per heavy atom. The number of esters is 1. The van der Waals surface area contributed by atoms with E-state index < -0.39 is 5.97 Å². The molecule has 1 heterocycles. The molecule has 1 aromatic carbocycles. The van der Waals surface area contributed by atoms with Gasteiger partial charge in [0, 0.05) is 13.1 Å². The van der Waals surface area contributed by atoms with E-state index in [1.807, 2.05) is 39.0 Å². The molecule has 23 heavy (non-hydrogen) atoms. The maximum atomic E-state index is 12.1. The van der Waals surface area contributed by atoms with Gasteiger partial charge in [-0.1, -0.05) is 12.1 Å². The second-order valence-corrected chi connectivity index (χ2v) is 5.82. The lowest BCUT2D eigenvalue weighted by atomic mass is 10.2. The van der Waals surface area contributed by atoms with Crippen molar-refractivity contribution in [2.24, 2.45) is 0 Å². The van der Waals surface area contributed by atoms with E-state index in [0.29, 0.717) is 18.8 Å². The van der Waals surface area contributed by atoms with Crippen LogP contribution >= 0.6 is 0 Å². The summed E-state index contributed by atoms with van der Waals surface area (Å²) in [4.78, 5) is 25.4. The molecule has 1 amide bonds. The van der Waals surface area contributed by atoms with Crippen molar-refractivity contribution in [3.63, 3.8) is 0 Å². The van der Waals surface area contributed by atoms with Gasteiger partial charge in [0.25, 0.3) is 5.91 Å². The number of nitrogens with zero attached hydrogens (tertiary/aromatic N) is 1. The number of aryl methyl sites for hydroxylation is 1. The van der Waals surface area contributed by atoms with Crippen LogP contribution in [0.5, 0.6) is 5.75 Å². The van der Waals surface area contributed by atoms with E-state index in [1.54, 1.807) is 11.0 Å². The lowest BCUT2D eigenvalue weighted by Gasteiger charge is -2.35. The minimum Gasteiger partial charge on any atom is -0.482 e. The molecule has 1 aromatic rings. The van der Waals surface area contributed by atoms with Crippen LogP contribution in [-0.2, 0) is 19.1 Å². The maximum Gasteiger partial charge on any atom is 0.344 e. The summed E-state index contributed by atoms with van der Waals surface area (Å²) in [7, 11) is 0. The molecule has 0 radical (unpaired) electrons. The Labute approximate surface area is 136 Å². The highest BCUT2D eigenvalue weighted by Gasteiger charge is 2.26. The molecule has 0 aromatic heterocycles. The first-order chi connectivity index (χ1) is 10.9. The summed E-state index contributed by atoms with van der Waals surface area (Å²) in [5.74, 6) is -0.172. The fourth-order valence-electron chi connectivity index (χ4n) is 2.50. The van der Waals surface area contributed by atoms with Gasteiger partial charge < -0.3 is 19.1 Å². The highest BCUT2D eigenvalue weighted by Crippen LogP contribution is 2.12. The highest BCUT2D eigenvalue weighted by molar-refractivity contribution is 5.81. The molecule has 2 rings (SSSR count). The van der Waals surface area contributed by atoms with E-state index in [9.17, 15) is 9.59 Å². The summed E-state index contributed by atoms with van der Waals surface area (Å²) in [5, 5.41) is 0. The van der Waals surface area contributed by atoms with Gasteiger partial charge in [0.05, 0.1) is 12.2 Å². The molecule has 2 atom stereocenters. The van der Waals surface area contributed by atoms with Crippen LogP contribution in [0.1, 0.15) is 19.4 Å². The van der Waals surface area contributed by atoms with Crippen molar-refractivity contribution in [3.05, 3.63) is 29.8 Å². The highest BCUT2D eigenvalue weighted by atomic mass is 16.6. The molecule has 2 unspecified atom stereocenters. The predicted molar refractivity (Wildman–Crippen MR) is 84.2 cm³/mol. The zero-order valence-corrected chi connectivity index (χ0v) is 13.8. The van der Waals surface area contributed by atoms with Crippen LogP contribution in [0.4, 0.5) is 0 Å². The maximum absolute atomic E-state index is 12.1. The first-order valence-corrected chi connectivity index (χ1v) is 7.72. The third kappa shape index (κ3) is 5.56. The number of carbonyl (C=O) groups is 2. The second-order valence-electron chi connectivity index (χ2n) is 5.82. The Balaban J connectivity index is 1.72. The Kier molecular flexibility index (Phi) is 5.98. The molecule has 1 saturated heterocycles. The fraction of sp³-hybridized carbons (Fsp3) is 0.529. The third-order valence-electron chi connectivity index (χ3n) is 3.48. The van der Waals surface area contributed by atoms with Crippen LogP contribution in [0.2, 0.25) is 0 Å². The normalized spacial score (nSPS) is 20.9. The molecule has 0 bridgehead atoms. The molecule has 6 heteroatoms. The van der Waals surface area contributed by atoms with Gasteiger partial charge in [-0.15, -0.1) is 0 Å². The first kappa shape index (κ1) is 17.3. The number of amides is 1. The Hall–Kier alpha value is -2.08. The molecule has 0 aliphatic carbocycles. The molecule has 126 valence electrons. The van der Waals surface area contributed by atoms with Gasteiger partial charge in [-0.2, -0.15) is 0 Å². The minimum atomic E-state index is -0.561. The van der Waals surface area contributed by atoms with E-state index in [2.05, 4.69) is 0 Å². The summed E-state index contributed by atoms with van der Waals surface area (Å²) in [6.07, 6.45) is -0.0221. The van der Waals surface area contributed by atoms with Gasteiger partial charge in [0.1, 0.15) is 5.75 Å². The molecule has 6 nitrogen and oxygen atoms in total. The molecule has 0 N–H and O–H groups in total. The minimum absolute atomic E-state index is 0.0111. The van der Waals surface area contributed by atoms with E-state index >= 15 is 0 Å². The average Bonchev–Trinajstić information content (AvgIpc) is 2.49. The number of morpholine rings is 1. The summed E-state index contributed by atoms with van der Waals surface area (Å²) in [5.41, 5.74) is 1.04. The number of hydrogen-bond donors (Lipinski definition) is 0. The Bertz CT molecular complexity index is 550. The van der Waals surface area contributed by atoms with Crippen LogP contribution < -0.4 is 4.74 Å².